The van der Waals surface area contributed by atoms with E-state index in [9.17, 15) is 0 Å². The lowest BCUT2D eigenvalue weighted by molar-refractivity contribution is 0.208. The van der Waals surface area contributed by atoms with Crippen LogP contribution in [0.2, 0.25) is 0 Å². The van der Waals surface area contributed by atoms with Crippen molar-refractivity contribution in [2.45, 2.75) is 25.9 Å². The van der Waals surface area contributed by atoms with Crippen molar-refractivity contribution >= 4 is 11.3 Å². The predicted molar refractivity (Wildman–Crippen MR) is 73.5 cm³/mol. The maximum atomic E-state index is 5.87. The van der Waals surface area contributed by atoms with Gasteiger partial charge in [-0.3, -0.25) is 4.90 Å². The van der Waals surface area contributed by atoms with Gasteiger partial charge in [-0.15, -0.1) is 11.3 Å². The van der Waals surface area contributed by atoms with Crippen LogP contribution in [0, 0.1) is 0 Å². The Labute approximate surface area is 111 Å². The second-order valence-electron chi connectivity index (χ2n) is 4.30. The van der Waals surface area contributed by atoms with Crippen LogP contribution in [-0.4, -0.2) is 23.5 Å². The van der Waals surface area contributed by atoms with Gasteiger partial charge in [0.1, 0.15) is 11.5 Å². The first-order valence-corrected chi connectivity index (χ1v) is 7.04. The Morgan fingerprint density at radius 1 is 1.50 bits per heavy atom. The highest BCUT2D eigenvalue weighted by molar-refractivity contribution is 7.07. The Balaban J connectivity index is 2.07. The van der Waals surface area contributed by atoms with E-state index in [2.05, 4.69) is 22.2 Å². The molecule has 2 N–H and O–H groups in total. The van der Waals surface area contributed by atoms with Crippen LogP contribution in [0.15, 0.2) is 27.4 Å². The van der Waals surface area contributed by atoms with Crippen LogP contribution in [-0.2, 0) is 13.0 Å². The minimum Gasteiger partial charge on any atom is -0.464 e. The van der Waals surface area contributed by atoms with Gasteiger partial charge in [0.05, 0.1) is 17.2 Å². The Kier molecular flexibility index (Phi) is 4.52. The minimum absolute atomic E-state index is 0.104. The van der Waals surface area contributed by atoms with Crippen LogP contribution < -0.4 is 5.73 Å². The standard InChI is InChI=1S/C13H19N3OS/c1-3-11-4-5-13(17-11)12(6-14)16(2)7-10-8-18-9-15-10/h4-5,8-9,12H,3,6-7,14H2,1-2H3. The van der Waals surface area contributed by atoms with Gasteiger partial charge in [0.25, 0.3) is 0 Å². The normalized spacial score (nSPS) is 13.1. The third kappa shape index (κ3) is 2.98. The number of hydrogen-bond acceptors (Lipinski definition) is 5. The maximum absolute atomic E-state index is 5.87. The van der Waals surface area contributed by atoms with Crippen molar-refractivity contribution in [1.82, 2.24) is 9.88 Å². The Morgan fingerprint density at radius 3 is 2.89 bits per heavy atom. The predicted octanol–water partition coefficient (Wildman–Crippen LogP) is 2.43. The molecule has 2 aromatic rings. The molecule has 0 spiro atoms. The zero-order chi connectivity index (χ0) is 13.0. The topological polar surface area (TPSA) is 55.3 Å². The maximum Gasteiger partial charge on any atom is 0.122 e. The fraction of sp³-hybridized carbons (Fsp3) is 0.462. The van der Waals surface area contributed by atoms with Gasteiger partial charge >= 0.3 is 0 Å². The summed E-state index contributed by atoms with van der Waals surface area (Å²) in [5, 5.41) is 2.06. The molecule has 2 heterocycles. The number of thiazole rings is 1. The number of nitrogens with zero attached hydrogens (tertiary/aromatic N) is 2. The van der Waals surface area contributed by atoms with E-state index in [1.807, 2.05) is 24.7 Å². The van der Waals surface area contributed by atoms with E-state index in [0.717, 1.165) is 30.2 Å². The highest BCUT2D eigenvalue weighted by Crippen LogP contribution is 2.22. The average molecular weight is 265 g/mol. The highest BCUT2D eigenvalue weighted by atomic mass is 32.1. The average Bonchev–Trinajstić information content (AvgIpc) is 3.01. The van der Waals surface area contributed by atoms with Crippen molar-refractivity contribution < 1.29 is 4.42 Å². The highest BCUT2D eigenvalue weighted by Gasteiger charge is 2.19. The number of nitrogens with two attached hydrogens (primary N) is 1. The van der Waals surface area contributed by atoms with Gasteiger partial charge in [-0.1, -0.05) is 6.92 Å². The second-order valence-corrected chi connectivity index (χ2v) is 5.02. The lowest BCUT2D eigenvalue weighted by Gasteiger charge is -2.24. The quantitative estimate of drug-likeness (QED) is 0.871. The van der Waals surface area contributed by atoms with Crippen molar-refractivity contribution in [3.63, 3.8) is 0 Å². The number of furan rings is 1. The summed E-state index contributed by atoms with van der Waals surface area (Å²) in [4.78, 5) is 6.47. The molecule has 1 atom stereocenters. The zero-order valence-electron chi connectivity index (χ0n) is 10.8. The Morgan fingerprint density at radius 2 is 2.33 bits per heavy atom. The van der Waals surface area contributed by atoms with Crippen molar-refractivity contribution in [1.29, 1.82) is 0 Å². The van der Waals surface area contributed by atoms with Crippen LogP contribution in [0.1, 0.15) is 30.2 Å². The van der Waals surface area contributed by atoms with E-state index in [4.69, 9.17) is 10.2 Å². The summed E-state index contributed by atoms with van der Waals surface area (Å²) in [6, 6.07) is 4.15. The van der Waals surface area contributed by atoms with Crippen molar-refractivity contribution in [3.05, 3.63) is 40.2 Å². The number of likely N-dealkylation sites (N-methyl/N-ethyl adjacent to an activating group) is 1. The number of aryl methyl sites for hydroxylation is 1. The van der Waals surface area contributed by atoms with Gasteiger partial charge in [0.2, 0.25) is 0 Å². The molecule has 0 saturated heterocycles. The van der Waals surface area contributed by atoms with E-state index in [1.165, 1.54) is 0 Å². The van der Waals surface area contributed by atoms with Crippen LogP contribution in [0.25, 0.3) is 0 Å². The monoisotopic (exact) mass is 265 g/mol. The molecule has 0 aromatic carbocycles. The minimum atomic E-state index is 0.104. The molecule has 0 amide bonds. The molecule has 0 radical (unpaired) electrons. The summed E-state index contributed by atoms with van der Waals surface area (Å²) in [5.41, 5.74) is 8.79. The van der Waals surface area contributed by atoms with Gasteiger partial charge in [0.15, 0.2) is 0 Å². The summed E-state index contributed by atoms with van der Waals surface area (Å²) >= 11 is 1.61. The SMILES string of the molecule is CCc1ccc(C(CN)N(C)Cc2cscn2)o1. The summed E-state index contributed by atoms with van der Waals surface area (Å²) in [6.45, 7) is 3.41. The third-order valence-corrected chi connectivity index (χ3v) is 3.64. The van der Waals surface area contributed by atoms with Gasteiger partial charge < -0.3 is 10.2 Å². The van der Waals surface area contributed by atoms with Crippen molar-refractivity contribution in [2.24, 2.45) is 5.73 Å². The fourth-order valence-corrected chi connectivity index (χ4v) is 2.51. The summed E-state index contributed by atoms with van der Waals surface area (Å²) in [6.07, 6.45) is 0.910. The summed E-state index contributed by atoms with van der Waals surface area (Å²) < 4.78 is 5.79. The first-order valence-electron chi connectivity index (χ1n) is 6.10. The zero-order valence-corrected chi connectivity index (χ0v) is 11.6. The molecule has 0 aliphatic heterocycles. The Bertz CT molecular complexity index is 466. The Hall–Kier alpha value is -1.17. The van der Waals surface area contributed by atoms with Crippen LogP contribution in [0.4, 0.5) is 0 Å². The molecule has 2 aromatic heterocycles. The molecule has 0 fully saturated rings. The molecule has 0 bridgehead atoms. The molecule has 4 nitrogen and oxygen atoms in total. The third-order valence-electron chi connectivity index (χ3n) is 3.01. The number of hydrogen-bond donors (Lipinski definition) is 1. The molecule has 0 saturated carbocycles. The van der Waals surface area contributed by atoms with E-state index in [0.29, 0.717) is 6.54 Å². The fourth-order valence-electron chi connectivity index (χ4n) is 1.96. The van der Waals surface area contributed by atoms with E-state index in [-0.39, 0.29) is 6.04 Å². The molecule has 98 valence electrons. The molecule has 0 aliphatic carbocycles. The number of rotatable bonds is 6. The molecule has 18 heavy (non-hydrogen) atoms. The second kappa shape index (κ2) is 6.13. The molecule has 5 heteroatoms. The van der Waals surface area contributed by atoms with Gasteiger partial charge in [-0.05, 0) is 19.2 Å². The molecule has 0 aliphatic rings. The summed E-state index contributed by atoms with van der Waals surface area (Å²) in [7, 11) is 2.05. The van der Waals surface area contributed by atoms with E-state index >= 15 is 0 Å². The first kappa shape index (κ1) is 13.3. The van der Waals surface area contributed by atoms with Crippen LogP contribution in [0.5, 0.6) is 0 Å². The largest absolute Gasteiger partial charge is 0.464 e. The molecular formula is C13H19N3OS. The smallest absolute Gasteiger partial charge is 0.122 e. The molecule has 2 rings (SSSR count). The van der Waals surface area contributed by atoms with Gasteiger partial charge in [0, 0.05) is 24.9 Å². The lowest BCUT2D eigenvalue weighted by Crippen LogP contribution is -2.30. The van der Waals surface area contributed by atoms with Gasteiger partial charge in [-0.25, -0.2) is 4.98 Å². The van der Waals surface area contributed by atoms with Crippen LogP contribution in [0.3, 0.4) is 0 Å². The lowest BCUT2D eigenvalue weighted by atomic mass is 10.2. The number of aromatic nitrogens is 1. The van der Waals surface area contributed by atoms with Gasteiger partial charge in [-0.2, -0.15) is 0 Å². The molecule has 1 unspecified atom stereocenters. The van der Waals surface area contributed by atoms with E-state index < -0.39 is 0 Å². The van der Waals surface area contributed by atoms with Crippen LogP contribution >= 0.6 is 11.3 Å². The first-order chi connectivity index (χ1) is 8.74. The van der Waals surface area contributed by atoms with E-state index in [1.54, 1.807) is 11.3 Å². The van der Waals surface area contributed by atoms with Crippen molar-refractivity contribution in [2.75, 3.05) is 13.6 Å². The van der Waals surface area contributed by atoms with Crippen molar-refractivity contribution in [3.8, 4) is 0 Å². The summed E-state index contributed by atoms with van der Waals surface area (Å²) in [5.74, 6) is 1.94. The molecular weight excluding hydrogens is 246 g/mol.